The van der Waals surface area contributed by atoms with E-state index < -0.39 is 29.6 Å². The fourth-order valence-electron chi connectivity index (χ4n) is 3.24. The molecule has 2 N–H and O–H groups in total. The van der Waals surface area contributed by atoms with Crippen molar-refractivity contribution in [3.8, 4) is 5.88 Å². The number of nitrogens with zero attached hydrogens (tertiary/aromatic N) is 2. The van der Waals surface area contributed by atoms with Gasteiger partial charge in [0, 0.05) is 12.6 Å². The molecule has 30 heavy (non-hydrogen) atoms. The van der Waals surface area contributed by atoms with Crippen molar-refractivity contribution in [2.45, 2.75) is 39.2 Å². The largest absolute Gasteiger partial charge is 0.472 e. The lowest BCUT2D eigenvalue weighted by molar-refractivity contribution is 0.251. The number of halogens is 3. The topological polar surface area (TPSA) is 66.5 Å². The number of carbonyl (C=O) groups excluding carboxylic acids is 1. The molecule has 1 aliphatic rings. The Bertz CT molecular complexity index is 872. The van der Waals surface area contributed by atoms with E-state index in [-0.39, 0.29) is 17.5 Å². The summed E-state index contributed by atoms with van der Waals surface area (Å²) in [6, 6.07) is 2.00. The monoisotopic (exact) mass is 442 g/mol. The molecule has 0 radical (unpaired) electrons. The molecule has 2 amide bonds. The van der Waals surface area contributed by atoms with Crippen molar-refractivity contribution in [1.29, 1.82) is 0 Å². The summed E-state index contributed by atoms with van der Waals surface area (Å²) in [7, 11) is 0. The molecule has 1 fully saturated rings. The summed E-state index contributed by atoms with van der Waals surface area (Å²) in [5.41, 5.74) is -0.622. The van der Waals surface area contributed by atoms with Crippen LogP contribution in [-0.4, -0.2) is 41.5 Å². The Morgan fingerprint density at radius 3 is 2.73 bits per heavy atom. The summed E-state index contributed by atoms with van der Waals surface area (Å²) in [6.07, 6.45) is 4.47. The van der Waals surface area contributed by atoms with Crippen LogP contribution in [0.5, 0.6) is 5.88 Å². The number of aromatic nitrogens is 1. The first-order chi connectivity index (χ1) is 14.4. The van der Waals surface area contributed by atoms with E-state index >= 15 is 0 Å². The number of aryl methyl sites for hydroxylation is 1. The lowest BCUT2D eigenvalue weighted by Crippen LogP contribution is -2.29. The minimum absolute atomic E-state index is 0.0840. The Morgan fingerprint density at radius 1 is 1.20 bits per heavy atom. The fraction of sp³-hybridized carbons (Fsp3) is 0.500. The molecule has 0 saturated carbocycles. The Labute approximate surface area is 177 Å². The third-order valence-corrected chi connectivity index (χ3v) is 5.60. The first-order valence-corrected chi connectivity index (χ1v) is 10.7. The van der Waals surface area contributed by atoms with Crippen LogP contribution in [0.3, 0.4) is 0 Å². The second-order valence-electron chi connectivity index (χ2n) is 7.24. The number of unbranched alkanes of at least 4 members (excludes halogenated alkanes) is 1. The van der Waals surface area contributed by atoms with E-state index in [4.69, 9.17) is 4.74 Å². The highest BCUT2D eigenvalue weighted by Crippen LogP contribution is 2.25. The van der Waals surface area contributed by atoms with Gasteiger partial charge in [-0.25, -0.2) is 18.0 Å². The Kier molecular flexibility index (Phi) is 7.92. The maximum absolute atomic E-state index is 13.9. The molecule has 1 aromatic heterocycles. The number of hydrogen-bond donors (Lipinski definition) is 2. The molecule has 10 heteroatoms. The maximum Gasteiger partial charge on any atom is 0.319 e. The number of urea groups is 1. The van der Waals surface area contributed by atoms with Crippen LogP contribution in [0.2, 0.25) is 0 Å². The maximum atomic E-state index is 13.9. The van der Waals surface area contributed by atoms with Crippen molar-refractivity contribution in [3.05, 3.63) is 40.7 Å². The van der Waals surface area contributed by atoms with Crippen LogP contribution in [0.1, 0.15) is 36.8 Å². The molecule has 0 spiro atoms. The Morgan fingerprint density at radius 2 is 1.97 bits per heavy atom. The number of hydrogen-bond acceptors (Lipinski definition) is 5. The van der Waals surface area contributed by atoms with Crippen LogP contribution in [-0.2, 0) is 6.61 Å². The molecule has 164 valence electrons. The Hall–Kier alpha value is -2.33. The zero-order chi connectivity index (χ0) is 21.5. The summed E-state index contributed by atoms with van der Waals surface area (Å²) in [5, 5.41) is 5.84. The van der Waals surface area contributed by atoms with Crippen molar-refractivity contribution in [2.75, 3.05) is 31.5 Å². The number of rotatable bonds is 9. The van der Waals surface area contributed by atoms with E-state index in [1.165, 1.54) is 38.9 Å². The number of benzene rings is 1. The lowest BCUT2D eigenvalue weighted by atomic mass is 10.1. The van der Waals surface area contributed by atoms with E-state index in [9.17, 15) is 18.0 Å². The van der Waals surface area contributed by atoms with Crippen LogP contribution in [0.15, 0.2) is 12.1 Å². The van der Waals surface area contributed by atoms with Gasteiger partial charge in [-0.15, -0.1) is 0 Å². The van der Waals surface area contributed by atoms with Gasteiger partial charge in [0.05, 0.1) is 5.56 Å². The lowest BCUT2D eigenvalue weighted by Gasteiger charge is -2.14. The minimum Gasteiger partial charge on any atom is -0.472 e. The first-order valence-electron chi connectivity index (χ1n) is 9.93. The highest BCUT2D eigenvalue weighted by molar-refractivity contribution is 7.10. The quantitative estimate of drug-likeness (QED) is 0.445. The molecular weight excluding hydrogens is 417 g/mol. The van der Waals surface area contributed by atoms with Crippen molar-refractivity contribution >= 4 is 22.6 Å². The third kappa shape index (κ3) is 6.09. The van der Waals surface area contributed by atoms with E-state index in [1.54, 1.807) is 0 Å². The smallest absolute Gasteiger partial charge is 0.319 e. The van der Waals surface area contributed by atoms with Crippen LogP contribution in [0, 0.1) is 24.4 Å². The summed E-state index contributed by atoms with van der Waals surface area (Å²) < 4.78 is 50.6. The second kappa shape index (κ2) is 10.6. The number of carbonyl (C=O) groups is 1. The molecule has 0 bridgehead atoms. The molecule has 1 saturated heterocycles. The van der Waals surface area contributed by atoms with Crippen molar-refractivity contribution in [3.63, 3.8) is 0 Å². The molecule has 2 aromatic rings. The predicted octanol–water partition coefficient (Wildman–Crippen LogP) is 4.45. The van der Waals surface area contributed by atoms with Crippen LogP contribution in [0.4, 0.5) is 23.0 Å². The molecule has 0 unspecified atom stereocenters. The van der Waals surface area contributed by atoms with Crippen LogP contribution < -0.4 is 15.4 Å². The average molecular weight is 443 g/mol. The summed E-state index contributed by atoms with van der Waals surface area (Å²) in [6.45, 7) is 4.73. The molecule has 1 aromatic carbocycles. The Balaban J connectivity index is 1.39. The molecular formula is C20H25F3N4O2S. The van der Waals surface area contributed by atoms with Gasteiger partial charge >= 0.3 is 6.03 Å². The van der Waals surface area contributed by atoms with Crippen LogP contribution in [0.25, 0.3) is 0 Å². The highest BCUT2D eigenvalue weighted by atomic mass is 32.1. The highest BCUT2D eigenvalue weighted by Gasteiger charge is 2.18. The predicted molar refractivity (Wildman–Crippen MR) is 109 cm³/mol. The second-order valence-corrected chi connectivity index (χ2v) is 8.04. The van der Waals surface area contributed by atoms with Crippen molar-refractivity contribution < 1.29 is 22.7 Å². The molecule has 1 aliphatic heterocycles. The molecule has 2 heterocycles. The zero-order valence-electron chi connectivity index (χ0n) is 16.8. The number of ether oxygens (including phenoxy) is 1. The molecule has 0 atom stereocenters. The number of amides is 2. The number of likely N-dealkylation sites (tertiary alicyclic amines) is 1. The normalized spacial score (nSPS) is 14.1. The number of anilines is 1. The van der Waals surface area contributed by atoms with Gasteiger partial charge in [0.1, 0.15) is 17.4 Å². The zero-order valence-corrected chi connectivity index (χ0v) is 17.6. The van der Waals surface area contributed by atoms with Gasteiger partial charge < -0.3 is 15.0 Å². The van der Waals surface area contributed by atoms with Crippen molar-refractivity contribution in [1.82, 2.24) is 14.6 Å². The first kappa shape index (κ1) is 22.4. The number of nitrogens with one attached hydrogen (secondary N) is 2. The SMILES string of the molecule is Cc1cc(F)c(COc2cc(NC(=O)NCCCCN3CCCC3)sn2)c(F)c1F. The third-order valence-electron chi connectivity index (χ3n) is 4.91. The van der Waals surface area contributed by atoms with Gasteiger partial charge in [-0.05, 0) is 75.4 Å². The summed E-state index contributed by atoms with van der Waals surface area (Å²) in [5.74, 6) is -3.18. The standard InChI is InChI=1S/C20H25F3N4O2S/c1-13-10-15(21)14(19(23)18(13)22)12-29-16-11-17(30-26-16)25-20(28)24-6-2-3-7-27-8-4-5-9-27/h10-11H,2-9,12H2,1H3,(H2,24,25,28). The average Bonchev–Trinajstić information content (AvgIpc) is 3.38. The molecule has 0 aliphatic carbocycles. The molecule has 3 rings (SSSR count). The minimum atomic E-state index is -1.27. The van der Waals surface area contributed by atoms with Gasteiger partial charge in [0.25, 0.3) is 0 Å². The van der Waals surface area contributed by atoms with Crippen LogP contribution >= 0.6 is 11.5 Å². The fourth-order valence-corrected chi connectivity index (χ4v) is 3.83. The van der Waals surface area contributed by atoms with Gasteiger partial charge in [0.15, 0.2) is 11.6 Å². The van der Waals surface area contributed by atoms with E-state index in [0.29, 0.717) is 11.5 Å². The van der Waals surface area contributed by atoms with E-state index in [0.717, 1.165) is 37.0 Å². The van der Waals surface area contributed by atoms with Crippen molar-refractivity contribution in [2.24, 2.45) is 0 Å². The summed E-state index contributed by atoms with van der Waals surface area (Å²) >= 11 is 0.972. The van der Waals surface area contributed by atoms with Gasteiger partial charge in [0.2, 0.25) is 5.88 Å². The molecule has 6 nitrogen and oxygen atoms in total. The van der Waals surface area contributed by atoms with Gasteiger partial charge in [-0.3, -0.25) is 5.32 Å². The van der Waals surface area contributed by atoms with E-state index in [2.05, 4.69) is 19.9 Å². The van der Waals surface area contributed by atoms with E-state index in [1.807, 2.05) is 0 Å². The van der Waals surface area contributed by atoms with Gasteiger partial charge in [-0.2, -0.15) is 4.37 Å². The van der Waals surface area contributed by atoms with Gasteiger partial charge in [-0.1, -0.05) is 0 Å². The summed E-state index contributed by atoms with van der Waals surface area (Å²) in [4.78, 5) is 14.4.